The van der Waals surface area contributed by atoms with Gasteiger partial charge in [-0.1, -0.05) is 12.8 Å². The van der Waals surface area contributed by atoms with Crippen LogP contribution < -0.4 is 5.32 Å². The molecular formula is C16H20F2N2O3S. The summed E-state index contributed by atoms with van der Waals surface area (Å²) in [5.74, 6) is -3.27. The zero-order valence-corrected chi connectivity index (χ0v) is 14.0. The van der Waals surface area contributed by atoms with Gasteiger partial charge in [0.05, 0.1) is 0 Å². The van der Waals surface area contributed by atoms with Crippen molar-refractivity contribution in [1.82, 2.24) is 9.62 Å². The molecule has 0 spiro atoms. The highest BCUT2D eigenvalue weighted by Gasteiger charge is 2.33. The number of nitrogens with one attached hydrogen (secondary N) is 1. The third-order valence-electron chi connectivity index (χ3n) is 4.38. The molecule has 1 saturated heterocycles. The number of sulfonamides is 1. The SMILES string of the molecule is O=C(NC1CC1)c1c(F)ccc(S(=O)(=O)N2CCCCCC2)c1F. The van der Waals surface area contributed by atoms with E-state index in [0.29, 0.717) is 25.9 Å². The molecule has 1 heterocycles. The van der Waals surface area contributed by atoms with Crippen molar-refractivity contribution in [2.24, 2.45) is 0 Å². The normalized spacial score (nSPS) is 19.8. The Bertz CT molecular complexity index is 740. The summed E-state index contributed by atoms with van der Waals surface area (Å²) < 4.78 is 55.3. The first-order valence-electron chi connectivity index (χ1n) is 8.20. The summed E-state index contributed by atoms with van der Waals surface area (Å²) in [5, 5.41) is 2.49. The Morgan fingerprint density at radius 1 is 1.08 bits per heavy atom. The molecule has 0 atom stereocenters. The summed E-state index contributed by atoms with van der Waals surface area (Å²) in [7, 11) is -4.09. The topological polar surface area (TPSA) is 66.5 Å². The van der Waals surface area contributed by atoms with Crippen LogP contribution in [0.15, 0.2) is 17.0 Å². The van der Waals surface area contributed by atoms with Crippen molar-refractivity contribution >= 4 is 15.9 Å². The minimum Gasteiger partial charge on any atom is -0.349 e. The maximum atomic E-state index is 14.7. The van der Waals surface area contributed by atoms with Crippen LogP contribution in [-0.2, 0) is 10.0 Å². The van der Waals surface area contributed by atoms with Crippen molar-refractivity contribution < 1.29 is 22.0 Å². The molecule has 2 fully saturated rings. The van der Waals surface area contributed by atoms with Gasteiger partial charge < -0.3 is 5.32 Å². The van der Waals surface area contributed by atoms with E-state index in [1.54, 1.807) is 0 Å². The van der Waals surface area contributed by atoms with E-state index in [0.717, 1.165) is 37.8 Å². The van der Waals surface area contributed by atoms with E-state index in [2.05, 4.69) is 5.32 Å². The van der Waals surface area contributed by atoms with Gasteiger partial charge in [-0.25, -0.2) is 17.2 Å². The number of halogens is 2. The van der Waals surface area contributed by atoms with Gasteiger partial charge >= 0.3 is 0 Å². The van der Waals surface area contributed by atoms with E-state index in [4.69, 9.17) is 0 Å². The summed E-state index contributed by atoms with van der Waals surface area (Å²) >= 11 is 0. The number of benzene rings is 1. The summed E-state index contributed by atoms with van der Waals surface area (Å²) in [5.41, 5.74) is -0.821. The van der Waals surface area contributed by atoms with Gasteiger partial charge in [0.15, 0.2) is 5.82 Å². The fourth-order valence-corrected chi connectivity index (χ4v) is 4.43. The Balaban J connectivity index is 1.96. The molecule has 0 unspecified atom stereocenters. The molecule has 3 rings (SSSR count). The average molecular weight is 358 g/mol. The number of nitrogens with zero attached hydrogens (tertiary/aromatic N) is 1. The van der Waals surface area contributed by atoms with E-state index in [1.165, 1.54) is 4.31 Å². The van der Waals surface area contributed by atoms with Crippen LogP contribution in [0.2, 0.25) is 0 Å². The van der Waals surface area contributed by atoms with Crippen molar-refractivity contribution in [3.63, 3.8) is 0 Å². The number of amides is 1. The van der Waals surface area contributed by atoms with Crippen molar-refractivity contribution in [2.75, 3.05) is 13.1 Å². The second-order valence-corrected chi connectivity index (χ2v) is 8.21. The summed E-state index contributed by atoms with van der Waals surface area (Å²) in [6, 6.07) is 1.66. The number of hydrogen-bond donors (Lipinski definition) is 1. The Hall–Kier alpha value is -1.54. The average Bonchev–Trinajstić information content (AvgIpc) is 3.33. The van der Waals surface area contributed by atoms with E-state index in [1.807, 2.05) is 0 Å². The molecule has 1 aliphatic carbocycles. The van der Waals surface area contributed by atoms with Crippen LogP contribution in [0, 0.1) is 11.6 Å². The molecule has 1 amide bonds. The molecule has 1 N–H and O–H groups in total. The lowest BCUT2D eigenvalue weighted by atomic mass is 10.2. The van der Waals surface area contributed by atoms with Crippen LogP contribution >= 0.6 is 0 Å². The van der Waals surface area contributed by atoms with Crippen LogP contribution in [0.4, 0.5) is 8.78 Å². The van der Waals surface area contributed by atoms with Gasteiger partial charge in [-0.05, 0) is 37.8 Å². The summed E-state index contributed by atoms with van der Waals surface area (Å²) in [6.07, 6.45) is 4.79. The first kappa shape index (κ1) is 17.3. The van der Waals surface area contributed by atoms with E-state index in [9.17, 15) is 22.0 Å². The Labute approximate surface area is 140 Å². The van der Waals surface area contributed by atoms with E-state index in [-0.39, 0.29) is 6.04 Å². The van der Waals surface area contributed by atoms with Crippen molar-refractivity contribution in [3.05, 3.63) is 29.3 Å². The highest BCUT2D eigenvalue weighted by Crippen LogP contribution is 2.27. The Kier molecular flexibility index (Phi) is 4.87. The lowest BCUT2D eigenvalue weighted by Gasteiger charge is -2.21. The van der Waals surface area contributed by atoms with Gasteiger partial charge in [-0.3, -0.25) is 4.79 Å². The molecule has 0 aromatic heterocycles. The first-order chi connectivity index (χ1) is 11.4. The predicted molar refractivity (Wildman–Crippen MR) is 84.1 cm³/mol. The molecule has 1 aromatic rings. The van der Waals surface area contributed by atoms with Crippen LogP contribution in [0.3, 0.4) is 0 Å². The second-order valence-electron chi connectivity index (χ2n) is 6.30. The van der Waals surface area contributed by atoms with Gasteiger partial charge in [0, 0.05) is 19.1 Å². The van der Waals surface area contributed by atoms with Crippen molar-refractivity contribution in [2.45, 2.75) is 49.5 Å². The third kappa shape index (κ3) is 3.44. The number of carbonyl (C=O) groups excluding carboxylic acids is 1. The molecular weight excluding hydrogens is 338 g/mol. The lowest BCUT2D eigenvalue weighted by molar-refractivity contribution is 0.0942. The van der Waals surface area contributed by atoms with Gasteiger partial charge in [0.1, 0.15) is 16.3 Å². The minimum absolute atomic E-state index is 0.0813. The number of carbonyl (C=O) groups is 1. The summed E-state index contributed by atoms with van der Waals surface area (Å²) in [4.78, 5) is 11.4. The lowest BCUT2D eigenvalue weighted by Crippen LogP contribution is -2.33. The first-order valence-corrected chi connectivity index (χ1v) is 9.64. The van der Waals surface area contributed by atoms with E-state index < -0.39 is 38.0 Å². The van der Waals surface area contributed by atoms with Crippen molar-refractivity contribution in [1.29, 1.82) is 0 Å². The smallest absolute Gasteiger partial charge is 0.257 e. The Morgan fingerprint density at radius 3 is 2.29 bits per heavy atom. The van der Waals surface area contributed by atoms with Crippen LogP contribution in [0.5, 0.6) is 0 Å². The second kappa shape index (κ2) is 6.76. The van der Waals surface area contributed by atoms with Gasteiger partial charge in [0.25, 0.3) is 5.91 Å². The minimum atomic E-state index is -4.09. The molecule has 0 radical (unpaired) electrons. The maximum absolute atomic E-state index is 14.7. The zero-order chi connectivity index (χ0) is 17.3. The third-order valence-corrected chi connectivity index (χ3v) is 6.29. The molecule has 2 aliphatic rings. The number of hydrogen-bond acceptors (Lipinski definition) is 3. The molecule has 5 nitrogen and oxygen atoms in total. The molecule has 0 bridgehead atoms. The maximum Gasteiger partial charge on any atom is 0.257 e. The van der Waals surface area contributed by atoms with Gasteiger partial charge in [0.2, 0.25) is 10.0 Å². The predicted octanol–water partition coefficient (Wildman–Crippen LogP) is 2.42. The monoisotopic (exact) mass is 358 g/mol. The fraction of sp³-hybridized carbons (Fsp3) is 0.562. The van der Waals surface area contributed by atoms with Gasteiger partial charge in [-0.15, -0.1) is 0 Å². The fourth-order valence-electron chi connectivity index (χ4n) is 2.85. The quantitative estimate of drug-likeness (QED) is 0.899. The summed E-state index contributed by atoms with van der Waals surface area (Å²) in [6.45, 7) is 0.617. The van der Waals surface area contributed by atoms with Crippen LogP contribution in [0.25, 0.3) is 0 Å². The Morgan fingerprint density at radius 2 is 1.71 bits per heavy atom. The molecule has 24 heavy (non-hydrogen) atoms. The molecule has 132 valence electrons. The zero-order valence-electron chi connectivity index (χ0n) is 13.2. The standard InChI is InChI=1S/C16H20F2N2O3S/c17-12-7-8-13(15(18)14(12)16(21)19-11-5-6-11)24(22,23)20-9-3-1-2-4-10-20/h7-8,11H,1-6,9-10H2,(H,19,21). The molecule has 1 aromatic carbocycles. The van der Waals surface area contributed by atoms with Gasteiger partial charge in [-0.2, -0.15) is 4.31 Å². The van der Waals surface area contributed by atoms with E-state index >= 15 is 0 Å². The van der Waals surface area contributed by atoms with Crippen molar-refractivity contribution in [3.8, 4) is 0 Å². The molecule has 8 heteroatoms. The molecule has 1 aliphatic heterocycles. The number of rotatable bonds is 4. The van der Waals surface area contributed by atoms with Crippen LogP contribution in [0.1, 0.15) is 48.9 Å². The highest BCUT2D eigenvalue weighted by atomic mass is 32.2. The highest BCUT2D eigenvalue weighted by molar-refractivity contribution is 7.89. The largest absolute Gasteiger partial charge is 0.349 e. The van der Waals surface area contributed by atoms with Crippen LogP contribution in [-0.4, -0.2) is 37.8 Å². The molecule has 1 saturated carbocycles.